The summed E-state index contributed by atoms with van der Waals surface area (Å²) in [6.07, 6.45) is 0. The van der Waals surface area contributed by atoms with Gasteiger partial charge in [-0.3, -0.25) is 38.1 Å². The SMILES string of the molecule is O=C(O)CN(CCN(CC(=O)O)CC(=O)O)CC(=O)O.O=S(=O)(O)O.[Fe].[H-].[H-].[Na+].[Na+]. The van der Waals surface area contributed by atoms with E-state index in [1.807, 2.05) is 0 Å². The van der Waals surface area contributed by atoms with E-state index in [2.05, 4.69) is 0 Å². The zero-order valence-corrected chi connectivity index (χ0v) is 21.0. The van der Waals surface area contributed by atoms with Crippen molar-refractivity contribution in [3.8, 4) is 0 Å². The summed E-state index contributed by atoms with van der Waals surface area (Å²) in [5.74, 6) is -4.91. The van der Waals surface area contributed by atoms with Crippen molar-refractivity contribution in [1.29, 1.82) is 0 Å². The third-order valence-corrected chi connectivity index (χ3v) is 2.17. The van der Waals surface area contributed by atoms with Gasteiger partial charge in [0.15, 0.2) is 0 Å². The second kappa shape index (κ2) is 20.5. The summed E-state index contributed by atoms with van der Waals surface area (Å²) in [7, 11) is -4.67. The van der Waals surface area contributed by atoms with Crippen LogP contribution in [-0.2, 0) is 46.6 Å². The Hall–Kier alpha value is 0.189. The largest absolute Gasteiger partial charge is 1.00 e. The van der Waals surface area contributed by atoms with Crippen LogP contribution in [0, 0.1) is 0 Å². The fraction of sp³-hybridized carbons (Fsp3) is 0.600. The summed E-state index contributed by atoms with van der Waals surface area (Å²) in [6, 6.07) is 0. The van der Waals surface area contributed by atoms with Gasteiger partial charge in [-0.2, -0.15) is 8.42 Å². The standard InChI is InChI=1S/C10H16N2O8.Fe.2Na.H2O4S.2H/c13-7(14)3-11(4-8(15)16)1-2-12(5-9(17)18)6-10(19)20;;;;1-5(2,3)4;;/h1-6H2,(H,13,14)(H,15,16)(H,17,18)(H,19,20);;;;(H2,1,2,3,4);;/q;;2*+1;;2*-1. The fourth-order valence-electron chi connectivity index (χ4n) is 1.48. The third kappa shape index (κ3) is 37.0. The Morgan fingerprint density at radius 3 is 0.893 bits per heavy atom. The van der Waals surface area contributed by atoms with Crippen molar-refractivity contribution < 1.29 is 136 Å². The number of rotatable bonds is 11. The van der Waals surface area contributed by atoms with Gasteiger partial charge in [-0.15, -0.1) is 0 Å². The number of carbonyl (C=O) groups is 4. The molecule has 0 spiro atoms. The van der Waals surface area contributed by atoms with Gasteiger partial charge in [-0.1, -0.05) is 0 Å². The minimum atomic E-state index is -4.67. The Labute approximate surface area is 217 Å². The maximum absolute atomic E-state index is 10.6. The van der Waals surface area contributed by atoms with Crippen LogP contribution >= 0.6 is 0 Å². The number of carboxylic acid groups (broad SMARTS) is 4. The molecule has 0 amide bonds. The molecular formula is C10H20FeN2Na2O12S. The van der Waals surface area contributed by atoms with Crippen LogP contribution in [-0.4, -0.2) is 111 Å². The minimum Gasteiger partial charge on any atom is -1.00 e. The van der Waals surface area contributed by atoms with E-state index in [9.17, 15) is 19.2 Å². The average Bonchev–Trinajstić information content (AvgIpc) is 2.30. The van der Waals surface area contributed by atoms with Crippen LogP contribution in [0.1, 0.15) is 2.85 Å². The summed E-state index contributed by atoms with van der Waals surface area (Å²) in [5, 5.41) is 34.5. The molecule has 0 bridgehead atoms. The van der Waals surface area contributed by atoms with E-state index in [4.69, 9.17) is 37.9 Å². The summed E-state index contributed by atoms with van der Waals surface area (Å²) in [5.41, 5.74) is 0. The Balaban J connectivity index is -0.0000000948. The van der Waals surface area contributed by atoms with Crippen molar-refractivity contribution in [2.45, 2.75) is 0 Å². The van der Waals surface area contributed by atoms with Gasteiger partial charge in [0.1, 0.15) is 0 Å². The van der Waals surface area contributed by atoms with Crippen molar-refractivity contribution in [2.75, 3.05) is 39.3 Å². The predicted octanol–water partition coefficient (Wildman–Crippen LogP) is -8.49. The van der Waals surface area contributed by atoms with Gasteiger partial charge < -0.3 is 23.3 Å². The number of aliphatic carboxylic acids is 4. The van der Waals surface area contributed by atoms with Gasteiger partial charge >= 0.3 is 93.4 Å². The first kappa shape index (κ1) is 38.8. The Kier molecular flexibility index (Phi) is 28.3. The van der Waals surface area contributed by atoms with E-state index in [1.54, 1.807) is 0 Å². The van der Waals surface area contributed by atoms with Crippen LogP contribution in [0.5, 0.6) is 0 Å². The molecule has 0 rings (SSSR count). The molecule has 0 heterocycles. The zero-order chi connectivity index (χ0) is 20.2. The molecule has 0 unspecified atom stereocenters. The van der Waals surface area contributed by atoms with Gasteiger partial charge in [0.25, 0.3) is 0 Å². The van der Waals surface area contributed by atoms with Crippen molar-refractivity contribution in [3.05, 3.63) is 0 Å². The molecule has 6 N–H and O–H groups in total. The van der Waals surface area contributed by atoms with Gasteiger partial charge in [0, 0.05) is 30.2 Å². The molecule has 0 aliphatic rings. The zero-order valence-electron chi connectivity index (χ0n) is 17.0. The molecule has 0 aromatic heterocycles. The van der Waals surface area contributed by atoms with Crippen LogP contribution < -0.4 is 59.1 Å². The third-order valence-electron chi connectivity index (χ3n) is 2.17. The van der Waals surface area contributed by atoms with Crippen LogP contribution in [0.4, 0.5) is 0 Å². The van der Waals surface area contributed by atoms with Crippen LogP contribution in [0.15, 0.2) is 0 Å². The molecule has 0 aliphatic heterocycles. The van der Waals surface area contributed by atoms with E-state index >= 15 is 0 Å². The molecule has 0 saturated carbocycles. The summed E-state index contributed by atoms with van der Waals surface area (Å²) < 4.78 is 31.6. The average molecular weight is 494 g/mol. The Bertz CT molecular complexity index is 526. The van der Waals surface area contributed by atoms with Gasteiger partial charge in [-0.25, -0.2) is 0 Å². The van der Waals surface area contributed by atoms with E-state index in [-0.39, 0.29) is 92.1 Å². The normalized spacial score (nSPS) is 9.71. The van der Waals surface area contributed by atoms with Crippen LogP contribution in [0.25, 0.3) is 0 Å². The van der Waals surface area contributed by atoms with Crippen molar-refractivity contribution >= 4 is 34.3 Å². The molecule has 18 heteroatoms. The molecule has 0 saturated heterocycles. The summed E-state index contributed by atoms with van der Waals surface area (Å²) >= 11 is 0. The molecule has 28 heavy (non-hydrogen) atoms. The Morgan fingerprint density at radius 1 is 0.643 bits per heavy atom. The predicted molar refractivity (Wildman–Crippen MR) is 79.8 cm³/mol. The number of hydrogen-bond acceptors (Lipinski definition) is 8. The molecule has 0 aromatic carbocycles. The van der Waals surface area contributed by atoms with Crippen molar-refractivity contribution in [3.63, 3.8) is 0 Å². The molecule has 0 fully saturated rings. The first-order valence-electron chi connectivity index (χ1n) is 6.22. The maximum atomic E-state index is 10.6. The van der Waals surface area contributed by atoms with Gasteiger partial charge in [0.05, 0.1) is 26.2 Å². The molecule has 0 atom stereocenters. The van der Waals surface area contributed by atoms with Gasteiger partial charge in [0.2, 0.25) is 0 Å². The second-order valence-corrected chi connectivity index (χ2v) is 5.34. The molecule has 0 aromatic rings. The van der Waals surface area contributed by atoms with Crippen molar-refractivity contribution in [1.82, 2.24) is 9.80 Å². The number of hydrogen-bond donors (Lipinski definition) is 6. The van der Waals surface area contributed by atoms with Crippen molar-refractivity contribution in [2.24, 2.45) is 0 Å². The fourth-order valence-corrected chi connectivity index (χ4v) is 1.48. The first-order valence-corrected chi connectivity index (χ1v) is 7.62. The molecule has 14 nitrogen and oxygen atoms in total. The first-order chi connectivity index (χ1) is 11.2. The second-order valence-electron chi connectivity index (χ2n) is 4.44. The van der Waals surface area contributed by atoms with E-state index in [0.717, 1.165) is 9.80 Å². The maximum Gasteiger partial charge on any atom is 1.00 e. The molecule has 0 radical (unpaired) electrons. The molecule has 0 aliphatic carbocycles. The number of carboxylic acids is 4. The Morgan fingerprint density at radius 2 is 0.786 bits per heavy atom. The quantitative estimate of drug-likeness (QED) is 0.116. The molecular weight excluding hydrogens is 474 g/mol. The van der Waals surface area contributed by atoms with E-state index in [1.165, 1.54) is 0 Å². The number of nitrogens with zero attached hydrogens (tertiary/aromatic N) is 2. The molecule has 158 valence electrons. The summed E-state index contributed by atoms with van der Waals surface area (Å²) in [6.45, 7) is -2.25. The monoisotopic (exact) mass is 494 g/mol. The summed E-state index contributed by atoms with van der Waals surface area (Å²) in [4.78, 5) is 44.4. The van der Waals surface area contributed by atoms with E-state index in [0.29, 0.717) is 0 Å². The van der Waals surface area contributed by atoms with E-state index < -0.39 is 60.5 Å². The van der Waals surface area contributed by atoms with Gasteiger partial charge in [-0.05, 0) is 0 Å². The topological polar surface area (TPSA) is 230 Å². The van der Waals surface area contributed by atoms with Crippen LogP contribution in [0.3, 0.4) is 0 Å². The minimum absolute atomic E-state index is 0. The van der Waals surface area contributed by atoms with Crippen LogP contribution in [0.2, 0.25) is 0 Å². The smallest absolute Gasteiger partial charge is 1.00 e.